The van der Waals surface area contributed by atoms with E-state index in [4.69, 9.17) is 0 Å². The Kier molecular flexibility index (Phi) is 5.00. The molecule has 0 bridgehead atoms. The third kappa shape index (κ3) is 4.21. The zero-order valence-corrected chi connectivity index (χ0v) is 14.3. The molecule has 0 radical (unpaired) electrons. The summed E-state index contributed by atoms with van der Waals surface area (Å²) in [6.45, 7) is 3.42. The lowest BCUT2D eigenvalue weighted by atomic mass is 10.2. The van der Waals surface area contributed by atoms with Gasteiger partial charge in [-0.05, 0) is 33.6 Å². The Labute approximate surface area is 145 Å². The van der Waals surface area contributed by atoms with E-state index in [9.17, 15) is 13.2 Å². The van der Waals surface area contributed by atoms with E-state index in [0.29, 0.717) is 18.1 Å². The molecule has 9 heteroatoms. The Bertz CT molecular complexity index is 684. The molecule has 0 saturated carbocycles. The normalized spacial score (nSPS) is 16.4. The molecule has 0 unspecified atom stereocenters. The van der Waals surface area contributed by atoms with Crippen LogP contribution in [0.15, 0.2) is 35.2 Å². The van der Waals surface area contributed by atoms with Crippen LogP contribution in [0.5, 0.6) is 0 Å². The average Bonchev–Trinajstić information content (AvgIpc) is 2.56. The van der Waals surface area contributed by atoms with Crippen LogP contribution in [0.1, 0.15) is 11.3 Å². The summed E-state index contributed by atoms with van der Waals surface area (Å²) in [6.07, 6.45) is 0.201. The minimum absolute atomic E-state index is 0.473. The lowest BCUT2D eigenvalue weighted by Crippen LogP contribution is -2.46. The molecule has 3 heterocycles. The Morgan fingerprint density at radius 2 is 1.71 bits per heavy atom. The second-order valence-electron chi connectivity index (χ2n) is 5.51. The topological polar surface area (TPSA) is 45.2 Å². The first kappa shape index (κ1) is 17.1. The molecule has 2 aromatic rings. The van der Waals surface area contributed by atoms with E-state index >= 15 is 0 Å². The van der Waals surface area contributed by atoms with Gasteiger partial charge in [0.15, 0.2) is 0 Å². The van der Waals surface area contributed by atoms with E-state index in [0.717, 1.165) is 36.7 Å². The molecule has 24 heavy (non-hydrogen) atoms. The van der Waals surface area contributed by atoms with Crippen LogP contribution in [-0.4, -0.2) is 46.0 Å². The number of pyridine rings is 1. The number of halogens is 4. The maximum Gasteiger partial charge on any atom is 0.433 e. The number of alkyl halides is 3. The first-order valence-electron chi connectivity index (χ1n) is 7.39. The zero-order chi connectivity index (χ0) is 17.2. The van der Waals surface area contributed by atoms with Crippen molar-refractivity contribution < 1.29 is 13.2 Å². The molecule has 0 aliphatic carbocycles. The van der Waals surface area contributed by atoms with E-state index in [1.54, 1.807) is 18.5 Å². The van der Waals surface area contributed by atoms with Gasteiger partial charge >= 0.3 is 6.18 Å². The van der Waals surface area contributed by atoms with Crippen LogP contribution >= 0.6 is 15.9 Å². The van der Waals surface area contributed by atoms with Gasteiger partial charge in [0.1, 0.15) is 5.69 Å². The first-order chi connectivity index (χ1) is 11.4. The SMILES string of the molecule is FC(F)(F)c1cc(CN2CCN(c3ncc(Br)cn3)CC2)ccn1. The predicted molar refractivity (Wildman–Crippen MR) is 86.5 cm³/mol. The number of aromatic nitrogens is 3. The van der Waals surface area contributed by atoms with Gasteiger partial charge in [-0.15, -0.1) is 0 Å². The molecular formula is C15H15BrF3N5. The van der Waals surface area contributed by atoms with Crippen molar-refractivity contribution in [3.8, 4) is 0 Å². The summed E-state index contributed by atoms with van der Waals surface area (Å²) in [5, 5.41) is 0. The lowest BCUT2D eigenvalue weighted by Gasteiger charge is -2.34. The van der Waals surface area contributed by atoms with Gasteiger partial charge < -0.3 is 4.90 Å². The highest BCUT2D eigenvalue weighted by atomic mass is 79.9. The van der Waals surface area contributed by atoms with Crippen LogP contribution in [0.4, 0.5) is 19.1 Å². The van der Waals surface area contributed by atoms with Crippen molar-refractivity contribution in [1.82, 2.24) is 19.9 Å². The van der Waals surface area contributed by atoms with Gasteiger partial charge in [0, 0.05) is 51.3 Å². The van der Waals surface area contributed by atoms with E-state index in [1.807, 2.05) is 0 Å². The van der Waals surface area contributed by atoms with Gasteiger partial charge in [0.2, 0.25) is 5.95 Å². The summed E-state index contributed by atoms with van der Waals surface area (Å²) < 4.78 is 39.0. The maximum absolute atomic E-state index is 12.7. The maximum atomic E-state index is 12.7. The third-order valence-electron chi connectivity index (χ3n) is 3.78. The Morgan fingerprint density at radius 1 is 1.04 bits per heavy atom. The highest BCUT2D eigenvalue weighted by Crippen LogP contribution is 2.28. The fourth-order valence-corrected chi connectivity index (χ4v) is 2.77. The molecule has 128 valence electrons. The van der Waals surface area contributed by atoms with Crippen molar-refractivity contribution >= 4 is 21.9 Å². The fourth-order valence-electron chi connectivity index (χ4n) is 2.56. The Hall–Kier alpha value is -1.74. The Morgan fingerprint density at radius 3 is 2.33 bits per heavy atom. The highest BCUT2D eigenvalue weighted by Gasteiger charge is 2.32. The zero-order valence-electron chi connectivity index (χ0n) is 12.7. The number of hydrogen-bond donors (Lipinski definition) is 0. The van der Waals surface area contributed by atoms with Crippen LogP contribution in [0.25, 0.3) is 0 Å². The second kappa shape index (κ2) is 7.02. The monoisotopic (exact) mass is 401 g/mol. The summed E-state index contributed by atoms with van der Waals surface area (Å²) in [5.74, 6) is 0.668. The summed E-state index contributed by atoms with van der Waals surface area (Å²) >= 11 is 3.30. The van der Waals surface area contributed by atoms with E-state index in [-0.39, 0.29) is 0 Å². The fraction of sp³-hybridized carbons (Fsp3) is 0.400. The lowest BCUT2D eigenvalue weighted by molar-refractivity contribution is -0.141. The molecule has 0 atom stereocenters. The van der Waals surface area contributed by atoms with Crippen molar-refractivity contribution in [2.75, 3.05) is 31.1 Å². The highest BCUT2D eigenvalue weighted by molar-refractivity contribution is 9.10. The molecule has 1 aliphatic heterocycles. The van der Waals surface area contributed by atoms with Crippen molar-refractivity contribution in [3.05, 3.63) is 46.5 Å². The molecule has 3 rings (SSSR count). The minimum atomic E-state index is -4.41. The van der Waals surface area contributed by atoms with Crippen molar-refractivity contribution in [2.45, 2.75) is 12.7 Å². The van der Waals surface area contributed by atoms with E-state index in [2.05, 4.69) is 40.7 Å². The van der Waals surface area contributed by atoms with Crippen LogP contribution in [-0.2, 0) is 12.7 Å². The number of hydrogen-bond acceptors (Lipinski definition) is 5. The molecule has 0 aromatic carbocycles. The van der Waals surface area contributed by atoms with Gasteiger partial charge in [-0.2, -0.15) is 13.2 Å². The van der Waals surface area contributed by atoms with Crippen LogP contribution in [0, 0.1) is 0 Å². The van der Waals surface area contributed by atoms with Crippen molar-refractivity contribution in [3.63, 3.8) is 0 Å². The number of nitrogens with zero attached hydrogens (tertiary/aromatic N) is 5. The van der Waals surface area contributed by atoms with Gasteiger partial charge in [-0.1, -0.05) is 0 Å². The molecule has 1 fully saturated rings. The van der Waals surface area contributed by atoms with Gasteiger partial charge in [0.25, 0.3) is 0 Å². The summed E-state index contributed by atoms with van der Waals surface area (Å²) in [4.78, 5) is 16.1. The molecular weight excluding hydrogens is 387 g/mol. The molecule has 2 aromatic heterocycles. The largest absolute Gasteiger partial charge is 0.433 e. The first-order valence-corrected chi connectivity index (χ1v) is 8.18. The van der Waals surface area contributed by atoms with Gasteiger partial charge in [0.05, 0.1) is 4.47 Å². The smallest absolute Gasteiger partial charge is 0.338 e. The third-order valence-corrected chi connectivity index (χ3v) is 4.19. The second-order valence-corrected chi connectivity index (χ2v) is 6.43. The Balaban J connectivity index is 1.58. The molecule has 0 amide bonds. The quantitative estimate of drug-likeness (QED) is 0.790. The molecule has 0 spiro atoms. The van der Waals surface area contributed by atoms with Crippen molar-refractivity contribution in [1.29, 1.82) is 0 Å². The number of piperazine rings is 1. The van der Waals surface area contributed by atoms with Crippen LogP contribution in [0.2, 0.25) is 0 Å². The molecule has 0 N–H and O–H groups in total. The molecule has 5 nitrogen and oxygen atoms in total. The standard InChI is InChI=1S/C15H15BrF3N5/c16-12-8-21-14(22-9-12)24-5-3-23(4-6-24)10-11-1-2-20-13(7-11)15(17,18)19/h1-2,7-9H,3-6,10H2. The van der Waals surface area contributed by atoms with Crippen LogP contribution < -0.4 is 4.90 Å². The summed E-state index contributed by atoms with van der Waals surface area (Å²) in [7, 11) is 0. The average molecular weight is 402 g/mol. The van der Waals surface area contributed by atoms with Gasteiger partial charge in [-0.3, -0.25) is 9.88 Å². The van der Waals surface area contributed by atoms with E-state index < -0.39 is 11.9 Å². The minimum Gasteiger partial charge on any atom is -0.338 e. The number of rotatable bonds is 3. The van der Waals surface area contributed by atoms with E-state index in [1.165, 1.54) is 6.20 Å². The number of anilines is 1. The predicted octanol–water partition coefficient (Wildman–Crippen LogP) is 2.98. The molecule has 1 saturated heterocycles. The molecule has 1 aliphatic rings. The van der Waals surface area contributed by atoms with Gasteiger partial charge in [-0.25, -0.2) is 9.97 Å². The summed E-state index contributed by atoms with van der Waals surface area (Å²) in [5.41, 5.74) is -0.229. The van der Waals surface area contributed by atoms with Crippen LogP contribution in [0.3, 0.4) is 0 Å². The summed E-state index contributed by atoms with van der Waals surface area (Å²) in [6, 6.07) is 2.74. The van der Waals surface area contributed by atoms with Crippen molar-refractivity contribution in [2.24, 2.45) is 0 Å².